The van der Waals surface area contributed by atoms with E-state index in [-0.39, 0.29) is 0 Å². The van der Waals surface area contributed by atoms with Gasteiger partial charge in [0.15, 0.2) is 0 Å². The first-order valence-corrected chi connectivity index (χ1v) is 8.28. The van der Waals surface area contributed by atoms with Gasteiger partial charge in [-0.2, -0.15) is 0 Å². The van der Waals surface area contributed by atoms with Crippen molar-refractivity contribution in [3.8, 4) is 0 Å². The minimum Gasteiger partial charge on any atom is -0.348 e. The molecule has 1 aliphatic heterocycles. The molecule has 126 valence electrons. The molecule has 3 rings (SSSR count). The molecule has 7 nitrogen and oxygen atoms in total. The highest BCUT2D eigenvalue weighted by Crippen LogP contribution is 2.26. The Morgan fingerprint density at radius 1 is 1.35 bits per heavy atom. The van der Waals surface area contributed by atoms with Crippen LogP contribution in [0.25, 0.3) is 0 Å². The molecular weight excluding hydrogens is 290 g/mol. The molecule has 0 unspecified atom stereocenters. The fourth-order valence-electron chi connectivity index (χ4n) is 3.32. The van der Waals surface area contributed by atoms with Crippen LogP contribution in [0.3, 0.4) is 0 Å². The fraction of sp³-hybridized carbons (Fsp3) is 0.688. The van der Waals surface area contributed by atoms with Gasteiger partial charge in [0.1, 0.15) is 11.6 Å². The number of piperidine rings is 1. The lowest BCUT2D eigenvalue weighted by molar-refractivity contribution is 0.193. The summed E-state index contributed by atoms with van der Waals surface area (Å²) in [7, 11) is 6.21. The second-order valence-electron chi connectivity index (χ2n) is 6.82. The van der Waals surface area contributed by atoms with Gasteiger partial charge < -0.3 is 14.5 Å². The van der Waals surface area contributed by atoms with Crippen molar-refractivity contribution in [1.29, 1.82) is 0 Å². The van der Waals surface area contributed by atoms with Crippen molar-refractivity contribution in [2.24, 2.45) is 7.05 Å². The Labute approximate surface area is 137 Å². The average Bonchev–Trinajstić information content (AvgIpc) is 3.06. The van der Waals surface area contributed by atoms with Crippen LogP contribution in [-0.4, -0.2) is 61.7 Å². The van der Waals surface area contributed by atoms with E-state index in [4.69, 9.17) is 0 Å². The average molecular weight is 317 g/mol. The maximum Gasteiger partial charge on any atom is 0.146 e. The quantitative estimate of drug-likeness (QED) is 0.900. The van der Waals surface area contributed by atoms with E-state index in [2.05, 4.69) is 62.6 Å². The summed E-state index contributed by atoms with van der Waals surface area (Å²) < 4.78 is 2.17. The summed E-state index contributed by atoms with van der Waals surface area (Å²) >= 11 is 0. The highest BCUT2D eigenvalue weighted by atomic mass is 15.3. The van der Waals surface area contributed by atoms with Gasteiger partial charge in [0.2, 0.25) is 0 Å². The molecule has 1 saturated heterocycles. The molecule has 0 aromatic carbocycles. The van der Waals surface area contributed by atoms with Crippen LogP contribution >= 0.6 is 0 Å². The van der Waals surface area contributed by atoms with Gasteiger partial charge in [-0.15, -0.1) is 10.2 Å². The number of imidazole rings is 1. The Morgan fingerprint density at radius 2 is 2.17 bits per heavy atom. The zero-order valence-corrected chi connectivity index (χ0v) is 14.6. The van der Waals surface area contributed by atoms with E-state index in [1.54, 1.807) is 6.33 Å². The molecule has 0 saturated carbocycles. The van der Waals surface area contributed by atoms with Gasteiger partial charge in [0.25, 0.3) is 0 Å². The number of aromatic nitrogens is 5. The zero-order valence-electron chi connectivity index (χ0n) is 14.6. The van der Waals surface area contributed by atoms with Crippen LogP contribution in [0.1, 0.15) is 41.8 Å². The lowest BCUT2D eigenvalue weighted by Gasteiger charge is -2.31. The summed E-state index contributed by atoms with van der Waals surface area (Å²) in [5.41, 5.74) is 2.32. The summed E-state index contributed by atoms with van der Waals surface area (Å²) in [5.74, 6) is 2.60. The molecule has 0 bridgehead atoms. The maximum atomic E-state index is 4.48. The summed E-state index contributed by atoms with van der Waals surface area (Å²) in [6.07, 6.45) is 4.16. The van der Waals surface area contributed by atoms with Crippen molar-refractivity contribution in [2.45, 2.75) is 38.8 Å². The van der Waals surface area contributed by atoms with E-state index < -0.39 is 0 Å². The Balaban J connectivity index is 1.69. The minimum absolute atomic E-state index is 0.455. The van der Waals surface area contributed by atoms with Crippen molar-refractivity contribution >= 4 is 0 Å². The Hall–Kier alpha value is -1.73. The molecule has 0 aliphatic carbocycles. The first-order valence-electron chi connectivity index (χ1n) is 8.28. The summed E-state index contributed by atoms with van der Waals surface area (Å²) in [4.78, 5) is 12.2. The van der Waals surface area contributed by atoms with Crippen LogP contribution < -0.4 is 0 Å². The van der Waals surface area contributed by atoms with E-state index in [0.29, 0.717) is 5.92 Å². The van der Waals surface area contributed by atoms with Crippen molar-refractivity contribution in [3.05, 3.63) is 29.4 Å². The smallest absolute Gasteiger partial charge is 0.146 e. The van der Waals surface area contributed by atoms with Crippen LogP contribution in [0.15, 0.2) is 6.33 Å². The molecule has 2 aromatic rings. The van der Waals surface area contributed by atoms with Crippen LogP contribution in [0.4, 0.5) is 0 Å². The van der Waals surface area contributed by atoms with Crippen molar-refractivity contribution in [2.75, 3.05) is 27.2 Å². The largest absolute Gasteiger partial charge is 0.348 e. The monoisotopic (exact) mass is 317 g/mol. The van der Waals surface area contributed by atoms with E-state index in [9.17, 15) is 0 Å². The van der Waals surface area contributed by atoms with Gasteiger partial charge in [-0.1, -0.05) is 0 Å². The molecule has 3 heterocycles. The van der Waals surface area contributed by atoms with Gasteiger partial charge in [0, 0.05) is 31.7 Å². The molecule has 7 heteroatoms. The Kier molecular flexibility index (Phi) is 4.77. The molecular formula is C16H27N7. The maximum absolute atomic E-state index is 4.48. The lowest BCUT2D eigenvalue weighted by Crippen LogP contribution is -2.35. The molecule has 2 aromatic heterocycles. The third-order valence-electron chi connectivity index (χ3n) is 4.63. The van der Waals surface area contributed by atoms with Crippen LogP contribution in [0.2, 0.25) is 0 Å². The highest BCUT2D eigenvalue weighted by Gasteiger charge is 2.26. The zero-order chi connectivity index (χ0) is 16.4. The molecule has 1 fully saturated rings. The number of rotatable bonds is 5. The number of likely N-dealkylation sites (tertiary alicyclic amines) is 1. The fourth-order valence-corrected chi connectivity index (χ4v) is 3.32. The van der Waals surface area contributed by atoms with Gasteiger partial charge in [0.05, 0.1) is 18.6 Å². The molecule has 0 radical (unpaired) electrons. The predicted molar refractivity (Wildman–Crippen MR) is 89.0 cm³/mol. The van der Waals surface area contributed by atoms with Crippen molar-refractivity contribution in [3.63, 3.8) is 0 Å². The number of hydrogen-bond donors (Lipinski definition) is 1. The first kappa shape index (κ1) is 16.1. The van der Waals surface area contributed by atoms with Crippen LogP contribution in [0, 0.1) is 6.92 Å². The second kappa shape index (κ2) is 6.80. The van der Waals surface area contributed by atoms with E-state index in [0.717, 1.165) is 43.5 Å². The number of nitrogens with one attached hydrogen (secondary N) is 1. The minimum atomic E-state index is 0.455. The van der Waals surface area contributed by atoms with Crippen molar-refractivity contribution in [1.82, 2.24) is 34.5 Å². The topological polar surface area (TPSA) is 65.9 Å². The van der Waals surface area contributed by atoms with Gasteiger partial charge in [-0.3, -0.25) is 4.90 Å². The second-order valence-corrected chi connectivity index (χ2v) is 6.82. The Bertz CT molecular complexity index is 643. The van der Waals surface area contributed by atoms with Crippen molar-refractivity contribution < 1.29 is 0 Å². The first-order chi connectivity index (χ1) is 11.0. The summed E-state index contributed by atoms with van der Waals surface area (Å²) in [6.45, 7) is 5.98. The highest BCUT2D eigenvalue weighted by molar-refractivity contribution is 5.09. The van der Waals surface area contributed by atoms with Crippen LogP contribution in [0.5, 0.6) is 0 Å². The SMILES string of the molecule is Cc1[nH]cnc1CN1CCC[C@H](c2nnc(CN(C)C)n2C)C1. The van der Waals surface area contributed by atoms with E-state index in [1.165, 1.54) is 18.5 Å². The van der Waals surface area contributed by atoms with E-state index >= 15 is 0 Å². The van der Waals surface area contributed by atoms with E-state index in [1.807, 2.05) is 0 Å². The predicted octanol–water partition coefficient (Wildman–Crippen LogP) is 1.29. The number of aryl methyl sites for hydroxylation is 1. The standard InChI is InChI=1S/C16H27N7/c1-12-14(18-11-17-12)9-23-7-5-6-13(8-23)16-20-19-15(22(16)4)10-21(2)3/h11,13H,5-10H2,1-4H3,(H,17,18)/t13-/m0/s1. The lowest BCUT2D eigenvalue weighted by atomic mass is 9.97. The van der Waals surface area contributed by atoms with Crippen LogP contribution in [-0.2, 0) is 20.1 Å². The molecule has 23 heavy (non-hydrogen) atoms. The number of hydrogen-bond acceptors (Lipinski definition) is 5. The molecule has 0 amide bonds. The molecule has 1 aliphatic rings. The normalized spacial score (nSPS) is 19.6. The number of nitrogens with zero attached hydrogens (tertiary/aromatic N) is 6. The summed E-state index contributed by atoms with van der Waals surface area (Å²) in [5, 5.41) is 8.86. The molecule has 1 atom stereocenters. The molecule has 1 N–H and O–H groups in total. The van der Waals surface area contributed by atoms with Gasteiger partial charge in [-0.05, 0) is 40.4 Å². The van der Waals surface area contributed by atoms with Gasteiger partial charge >= 0.3 is 0 Å². The summed E-state index contributed by atoms with van der Waals surface area (Å²) in [6, 6.07) is 0. The third kappa shape index (κ3) is 3.61. The van der Waals surface area contributed by atoms with Gasteiger partial charge in [-0.25, -0.2) is 4.98 Å². The number of aromatic amines is 1. The molecule has 0 spiro atoms. The Morgan fingerprint density at radius 3 is 2.87 bits per heavy atom. The third-order valence-corrected chi connectivity index (χ3v) is 4.63. The number of H-pyrrole nitrogens is 1.